The number of aromatic amines is 1. The molecule has 0 saturated carbocycles. The zero-order chi connectivity index (χ0) is 17.4. The van der Waals surface area contributed by atoms with E-state index < -0.39 is 6.04 Å². The molecule has 0 fully saturated rings. The van der Waals surface area contributed by atoms with Gasteiger partial charge in [-0.3, -0.25) is 4.79 Å². The quantitative estimate of drug-likeness (QED) is 0.684. The number of carbonyl (C=O) groups is 1. The van der Waals surface area contributed by atoms with Crippen LogP contribution in [0.1, 0.15) is 29.9 Å². The van der Waals surface area contributed by atoms with Crippen LogP contribution in [0.15, 0.2) is 67.0 Å². The van der Waals surface area contributed by atoms with E-state index >= 15 is 0 Å². The highest BCUT2D eigenvalue weighted by Crippen LogP contribution is 2.19. The van der Waals surface area contributed by atoms with Crippen LogP contribution in [-0.2, 0) is 6.42 Å². The summed E-state index contributed by atoms with van der Waals surface area (Å²) in [5.41, 5.74) is 9.55. The molecule has 0 saturated heterocycles. The number of H-pyrrole nitrogens is 1. The Morgan fingerprint density at radius 2 is 1.64 bits per heavy atom. The summed E-state index contributed by atoms with van der Waals surface area (Å²) in [4.78, 5) is 18.7. The Labute approximate surface area is 154 Å². The summed E-state index contributed by atoms with van der Waals surface area (Å²) in [5, 5.41) is 0. The third-order valence-electron chi connectivity index (χ3n) is 3.59. The number of nitrogens with one attached hydrogen (secondary N) is 1. The Morgan fingerprint density at radius 3 is 2.16 bits per heavy atom. The number of carbonyl (C=O) groups excluding carboxylic acids is 1. The number of ketones is 1. The number of rotatable bonds is 4. The van der Waals surface area contributed by atoms with Crippen molar-refractivity contribution in [1.82, 2.24) is 9.97 Å². The van der Waals surface area contributed by atoms with Gasteiger partial charge in [0.25, 0.3) is 0 Å². The third kappa shape index (κ3) is 5.85. The van der Waals surface area contributed by atoms with E-state index in [1.165, 1.54) is 11.3 Å². The summed E-state index contributed by atoms with van der Waals surface area (Å²) in [6.07, 6.45) is 2.74. The van der Waals surface area contributed by atoms with Crippen LogP contribution in [0, 0.1) is 0 Å². The first kappa shape index (κ1) is 20.6. The van der Waals surface area contributed by atoms with Gasteiger partial charge in [-0.25, -0.2) is 4.98 Å². The second-order valence-corrected chi connectivity index (χ2v) is 5.47. The smallest absolute Gasteiger partial charge is 0.179 e. The van der Waals surface area contributed by atoms with Crippen LogP contribution in [-0.4, -0.2) is 21.8 Å². The number of aryl methyl sites for hydroxylation is 1. The van der Waals surface area contributed by atoms with Crippen molar-refractivity contribution in [3.63, 3.8) is 0 Å². The number of hydrogen-bond acceptors (Lipinski definition) is 3. The van der Waals surface area contributed by atoms with Crippen LogP contribution in [0.3, 0.4) is 0 Å². The number of benzene rings is 2. The molecule has 0 amide bonds. The van der Waals surface area contributed by atoms with Crippen molar-refractivity contribution >= 4 is 18.2 Å². The number of hydrogen-bond donors (Lipinski definition) is 2. The molecule has 132 valence electrons. The van der Waals surface area contributed by atoms with Gasteiger partial charge in [-0.1, -0.05) is 67.6 Å². The maximum atomic E-state index is 11.2. The normalized spacial score (nSPS) is 10.8. The molecule has 1 heterocycles. The minimum atomic E-state index is -0.405. The second-order valence-electron chi connectivity index (χ2n) is 5.47. The lowest BCUT2D eigenvalue weighted by Gasteiger charge is -2.02. The summed E-state index contributed by atoms with van der Waals surface area (Å²) < 4.78 is 0. The molecular weight excluding hydrogens is 334 g/mol. The third-order valence-corrected chi connectivity index (χ3v) is 3.59. The molecule has 0 aliphatic heterocycles. The highest BCUT2D eigenvalue weighted by atomic mass is 35.5. The van der Waals surface area contributed by atoms with E-state index in [9.17, 15) is 4.79 Å². The first-order valence-corrected chi connectivity index (χ1v) is 8.06. The fourth-order valence-electron chi connectivity index (χ4n) is 2.30. The van der Waals surface area contributed by atoms with Gasteiger partial charge in [0.15, 0.2) is 5.78 Å². The van der Waals surface area contributed by atoms with Crippen molar-refractivity contribution in [3.05, 3.63) is 78.2 Å². The summed E-state index contributed by atoms with van der Waals surface area (Å²) in [6, 6.07) is 18.9. The zero-order valence-electron chi connectivity index (χ0n) is 14.5. The van der Waals surface area contributed by atoms with Crippen molar-refractivity contribution in [2.75, 3.05) is 0 Å². The average molecular weight is 358 g/mol. The van der Waals surface area contributed by atoms with Gasteiger partial charge in [0, 0.05) is 16.8 Å². The zero-order valence-corrected chi connectivity index (χ0v) is 15.3. The van der Waals surface area contributed by atoms with Crippen LogP contribution < -0.4 is 5.73 Å². The highest BCUT2D eigenvalue weighted by molar-refractivity contribution is 5.99. The second kappa shape index (κ2) is 10.4. The number of aromatic nitrogens is 2. The Hall–Kier alpha value is -2.43. The standard InChI is InChI=1S/C11H12N2.C9H11NO.ClH/c1-2-10-11(13-8-12-10)9-6-4-3-5-7-9;1-7(10)9(11)8-5-3-2-4-6-8;/h3-8H,2H2,1H3,(H,12,13);2-7H,10H2,1H3;1H. The molecule has 0 aliphatic carbocycles. The van der Waals surface area contributed by atoms with Crippen LogP contribution in [0.25, 0.3) is 11.3 Å². The van der Waals surface area contributed by atoms with E-state index in [2.05, 4.69) is 29.0 Å². The molecule has 1 unspecified atom stereocenters. The minimum Gasteiger partial charge on any atom is -0.348 e. The van der Waals surface area contributed by atoms with E-state index in [0.29, 0.717) is 5.56 Å². The molecule has 3 rings (SSSR count). The maximum absolute atomic E-state index is 11.2. The maximum Gasteiger partial charge on any atom is 0.179 e. The lowest BCUT2D eigenvalue weighted by Crippen LogP contribution is -2.26. The van der Waals surface area contributed by atoms with Gasteiger partial charge < -0.3 is 10.7 Å². The fourth-order valence-corrected chi connectivity index (χ4v) is 2.30. The Balaban J connectivity index is 0.000000244. The highest BCUT2D eigenvalue weighted by Gasteiger charge is 2.08. The van der Waals surface area contributed by atoms with Gasteiger partial charge in [0.2, 0.25) is 0 Å². The molecule has 4 nitrogen and oxygen atoms in total. The summed E-state index contributed by atoms with van der Waals surface area (Å²) in [7, 11) is 0. The van der Waals surface area contributed by atoms with E-state index in [4.69, 9.17) is 5.73 Å². The van der Waals surface area contributed by atoms with Crippen molar-refractivity contribution in [1.29, 1.82) is 0 Å². The summed E-state index contributed by atoms with van der Waals surface area (Å²) in [6.45, 7) is 3.81. The van der Waals surface area contributed by atoms with Crippen LogP contribution in [0.5, 0.6) is 0 Å². The predicted molar refractivity (Wildman–Crippen MR) is 105 cm³/mol. The Kier molecular flexibility index (Phi) is 8.61. The SMILES string of the molecule is CC(N)C(=O)c1ccccc1.CCc1[nH]cnc1-c1ccccc1.Cl. The molecule has 1 atom stereocenters. The van der Waals surface area contributed by atoms with Crippen LogP contribution in [0.2, 0.25) is 0 Å². The van der Waals surface area contributed by atoms with Crippen molar-refractivity contribution in [2.45, 2.75) is 26.3 Å². The molecule has 0 aliphatic rings. The number of nitrogens with zero attached hydrogens (tertiary/aromatic N) is 1. The summed E-state index contributed by atoms with van der Waals surface area (Å²) in [5.74, 6) is -0.00870. The first-order valence-electron chi connectivity index (χ1n) is 8.06. The molecule has 5 heteroatoms. The molecule has 2 aromatic carbocycles. The number of imidazole rings is 1. The van der Waals surface area contributed by atoms with Crippen LogP contribution >= 0.6 is 12.4 Å². The first-order chi connectivity index (χ1) is 11.6. The molecule has 3 aromatic rings. The van der Waals surface area contributed by atoms with E-state index in [1.54, 1.807) is 25.4 Å². The van der Waals surface area contributed by atoms with Gasteiger partial charge in [-0.05, 0) is 13.3 Å². The Bertz CT molecular complexity index is 755. The number of Topliss-reactive ketones (excluding diaryl/α,β-unsaturated/α-hetero) is 1. The van der Waals surface area contributed by atoms with E-state index in [1.807, 2.05) is 36.4 Å². The topological polar surface area (TPSA) is 71.8 Å². The summed E-state index contributed by atoms with van der Waals surface area (Å²) >= 11 is 0. The fraction of sp³-hybridized carbons (Fsp3) is 0.200. The molecule has 3 N–H and O–H groups in total. The number of nitrogens with two attached hydrogens (primary N) is 1. The molecule has 1 aromatic heterocycles. The molecule has 25 heavy (non-hydrogen) atoms. The van der Waals surface area contributed by atoms with Gasteiger partial charge in [0.1, 0.15) is 0 Å². The predicted octanol–water partition coefficient (Wildman–Crippen LogP) is 4.28. The van der Waals surface area contributed by atoms with Gasteiger partial charge in [-0.2, -0.15) is 0 Å². The van der Waals surface area contributed by atoms with E-state index in [-0.39, 0.29) is 18.2 Å². The van der Waals surface area contributed by atoms with Crippen molar-refractivity contribution in [2.24, 2.45) is 5.73 Å². The van der Waals surface area contributed by atoms with Gasteiger partial charge in [0.05, 0.1) is 18.1 Å². The van der Waals surface area contributed by atoms with Crippen LogP contribution in [0.4, 0.5) is 0 Å². The molecule has 0 radical (unpaired) electrons. The largest absolute Gasteiger partial charge is 0.348 e. The molecule has 0 spiro atoms. The number of halogens is 1. The van der Waals surface area contributed by atoms with Gasteiger partial charge in [-0.15, -0.1) is 12.4 Å². The molecule has 0 bridgehead atoms. The van der Waals surface area contributed by atoms with Gasteiger partial charge >= 0.3 is 0 Å². The Morgan fingerprint density at radius 1 is 1.08 bits per heavy atom. The van der Waals surface area contributed by atoms with Crippen molar-refractivity contribution < 1.29 is 4.79 Å². The lowest BCUT2D eigenvalue weighted by molar-refractivity contribution is 0.0968. The monoisotopic (exact) mass is 357 g/mol. The van der Waals surface area contributed by atoms with Crippen molar-refractivity contribution in [3.8, 4) is 11.3 Å². The average Bonchev–Trinajstić information content (AvgIpc) is 3.12. The molecular formula is C20H24ClN3O. The van der Waals surface area contributed by atoms with E-state index in [0.717, 1.165) is 12.1 Å². The lowest BCUT2D eigenvalue weighted by atomic mass is 10.1. The minimum absolute atomic E-state index is 0.